The van der Waals surface area contributed by atoms with Gasteiger partial charge in [-0.3, -0.25) is 4.79 Å². The van der Waals surface area contributed by atoms with Gasteiger partial charge in [0.2, 0.25) is 15.8 Å². The van der Waals surface area contributed by atoms with E-state index >= 15 is 0 Å². The van der Waals surface area contributed by atoms with Crippen molar-refractivity contribution in [2.45, 2.75) is 24.3 Å². The molecule has 0 aliphatic rings. The number of ether oxygens (including phenoxy) is 1. The van der Waals surface area contributed by atoms with E-state index in [0.717, 1.165) is 13.2 Å². The Labute approximate surface area is 144 Å². The number of hydrogen-bond acceptors (Lipinski definition) is 6. The quantitative estimate of drug-likeness (QED) is 0.708. The van der Waals surface area contributed by atoms with Crippen molar-refractivity contribution < 1.29 is 32.3 Å². The third-order valence-corrected chi connectivity index (χ3v) is 5.01. The molecule has 8 nitrogen and oxygen atoms in total. The van der Waals surface area contributed by atoms with E-state index in [0.29, 0.717) is 5.56 Å². The molecular weight excluding hydrogens is 350 g/mol. The second-order valence-corrected chi connectivity index (χ2v) is 6.91. The Kier molecular flexibility index (Phi) is 5.60. The van der Waals surface area contributed by atoms with E-state index in [1.807, 2.05) is 0 Å². The average Bonchev–Trinajstić information content (AvgIpc) is 2.97. The van der Waals surface area contributed by atoms with E-state index in [-0.39, 0.29) is 22.8 Å². The van der Waals surface area contributed by atoms with Crippen molar-refractivity contribution in [3.63, 3.8) is 0 Å². The van der Waals surface area contributed by atoms with Gasteiger partial charge in [-0.1, -0.05) is 30.3 Å². The summed E-state index contributed by atoms with van der Waals surface area (Å²) in [7, 11) is -3.08. The van der Waals surface area contributed by atoms with E-state index in [2.05, 4.69) is 9.46 Å². The van der Waals surface area contributed by atoms with Crippen LogP contribution in [0, 0.1) is 6.92 Å². The van der Waals surface area contributed by atoms with E-state index in [1.54, 1.807) is 30.3 Å². The van der Waals surface area contributed by atoms with Crippen molar-refractivity contribution >= 4 is 22.0 Å². The number of furan rings is 1. The Morgan fingerprint density at radius 3 is 2.48 bits per heavy atom. The fraction of sp³-hybridized carbons (Fsp3) is 0.250. The van der Waals surface area contributed by atoms with Crippen LogP contribution < -0.4 is 4.72 Å². The van der Waals surface area contributed by atoms with Crippen molar-refractivity contribution in [1.29, 1.82) is 0 Å². The molecule has 0 saturated carbocycles. The number of rotatable bonds is 7. The summed E-state index contributed by atoms with van der Waals surface area (Å²) in [6, 6.07) is 8.25. The zero-order chi connectivity index (χ0) is 18.6. The molecule has 0 unspecified atom stereocenters. The Morgan fingerprint density at radius 2 is 1.92 bits per heavy atom. The van der Waals surface area contributed by atoms with Gasteiger partial charge >= 0.3 is 11.9 Å². The molecule has 1 atom stereocenters. The number of aliphatic carboxylic acids is 1. The van der Waals surface area contributed by atoms with Crippen LogP contribution in [0.2, 0.25) is 0 Å². The second-order valence-electron chi connectivity index (χ2n) is 5.22. The topological polar surface area (TPSA) is 123 Å². The van der Waals surface area contributed by atoms with Gasteiger partial charge in [0.05, 0.1) is 7.11 Å². The van der Waals surface area contributed by atoms with Crippen molar-refractivity contribution in [2.75, 3.05) is 7.11 Å². The number of carbonyl (C=O) groups is 2. The van der Waals surface area contributed by atoms with E-state index < -0.39 is 28.0 Å². The zero-order valence-electron chi connectivity index (χ0n) is 13.6. The zero-order valence-corrected chi connectivity index (χ0v) is 14.4. The monoisotopic (exact) mass is 367 g/mol. The molecule has 1 heterocycles. The van der Waals surface area contributed by atoms with Gasteiger partial charge in [-0.2, -0.15) is 4.72 Å². The molecule has 0 bridgehead atoms. The first kappa shape index (κ1) is 18.7. The largest absolute Gasteiger partial charge is 0.480 e. The molecule has 0 fully saturated rings. The highest BCUT2D eigenvalue weighted by atomic mass is 32.2. The second kappa shape index (κ2) is 7.49. The lowest BCUT2D eigenvalue weighted by molar-refractivity contribution is -0.138. The third kappa shape index (κ3) is 4.46. The van der Waals surface area contributed by atoms with Crippen molar-refractivity contribution in [1.82, 2.24) is 4.72 Å². The highest BCUT2D eigenvalue weighted by Crippen LogP contribution is 2.21. The number of carboxylic acid groups (broad SMARTS) is 1. The summed E-state index contributed by atoms with van der Waals surface area (Å²) in [6.07, 6.45) is -0.0316. The highest BCUT2D eigenvalue weighted by Gasteiger charge is 2.29. The minimum atomic E-state index is -4.21. The lowest BCUT2D eigenvalue weighted by Crippen LogP contribution is -2.42. The number of methoxy groups -OCH3 is 1. The normalized spacial score (nSPS) is 12.6. The number of carboxylic acids is 1. The molecule has 0 saturated heterocycles. The number of aryl methyl sites for hydroxylation is 1. The average molecular weight is 367 g/mol. The number of sulfonamides is 1. The molecular formula is C16H17NO7S. The molecule has 0 aliphatic carbocycles. The third-order valence-electron chi connectivity index (χ3n) is 3.43. The van der Waals surface area contributed by atoms with Crippen LogP contribution in [0.3, 0.4) is 0 Å². The Morgan fingerprint density at radius 1 is 1.28 bits per heavy atom. The van der Waals surface area contributed by atoms with Crippen LogP contribution in [0.5, 0.6) is 0 Å². The van der Waals surface area contributed by atoms with Gasteiger partial charge < -0.3 is 14.3 Å². The summed E-state index contributed by atoms with van der Waals surface area (Å²) < 4.78 is 36.7. The van der Waals surface area contributed by atoms with E-state index in [4.69, 9.17) is 4.42 Å². The minimum absolute atomic E-state index is 0.0316. The molecule has 0 spiro atoms. The molecule has 2 aromatic rings. The maximum absolute atomic E-state index is 12.5. The first-order valence-electron chi connectivity index (χ1n) is 7.22. The molecule has 1 aromatic carbocycles. The van der Waals surface area contributed by atoms with Crippen molar-refractivity contribution in [3.05, 3.63) is 53.5 Å². The van der Waals surface area contributed by atoms with E-state index in [9.17, 15) is 23.1 Å². The number of nitrogens with one attached hydrogen (secondary N) is 1. The first-order valence-corrected chi connectivity index (χ1v) is 8.70. The van der Waals surface area contributed by atoms with Gasteiger partial charge in [0.25, 0.3) is 0 Å². The minimum Gasteiger partial charge on any atom is -0.480 e. The first-order chi connectivity index (χ1) is 11.7. The van der Waals surface area contributed by atoms with Crippen molar-refractivity contribution in [3.8, 4) is 0 Å². The van der Waals surface area contributed by atoms with Crippen LogP contribution in [0.25, 0.3) is 0 Å². The SMILES string of the molecule is COC(=O)c1cc(S(=O)(=O)N[C@@H](Cc2ccccc2)C(=O)O)c(C)o1. The van der Waals surface area contributed by atoms with Gasteiger partial charge in [-0.15, -0.1) is 0 Å². The summed E-state index contributed by atoms with van der Waals surface area (Å²) in [4.78, 5) is 22.6. The van der Waals surface area contributed by atoms with Gasteiger partial charge in [0, 0.05) is 6.07 Å². The Hall–Kier alpha value is -2.65. The van der Waals surface area contributed by atoms with Gasteiger partial charge in [-0.25, -0.2) is 13.2 Å². The molecule has 0 radical (unpaired) electrons. The maximum Gasteiger partial charge on any atom is 0.373 e. The maximum atomic E-state index is 12.5. The molecule has 9 heteroatoms. The summed E-state index contributed by atoms with van der Waals surface area (Å²) in [5, 5.41) is 9.32. The molecule has 2 rings (SSSR count). The van der Waals surface area contributed by atoms with Crippen LogP contribution in [-0.2, 0) is 26.0 Å². The van der Waals surface area contributed by atoms with Crippen LogP contribution in [0.15, 0.2) is 45.7 Å². The summed E-state index contributed by atoms with van der Waals surface area (Å²) >= 11 is 0. The predicted molar refractivity (Wildman–Crippen MR) is 86.7 cm³/mol. The summed E-state index contributed by atoms with van der Waals surface area (Å²) in [5.41, 5.74) is 0.664. The lowest BCUT2D eigenvalue weighted by Gasteiger charge is -2.14. The fourth-order valence-electron chi connectivity index (χ4n) is 2.21. The number of carbonyl (C=O) groups excluding carboxylic acids is 1. The number of esters is 1. The summed E-state index contributed by atoms with van der Waals surface area (Å²) in [5.74, 6) is -2.47. The number of benzene rings is 1. The van der Waals surface area contributed by atoms with E-state index in [1.165, 1.54) is 6.92 Å². The summed E-state index contributed by atoms with van der Waals surface area (Å²) in [6.45, 7) is 1.36. The molecule has 25 heavy (non-hydrogen) atoms. The Bertz CT molecular complexity index is 871. The molecule has 0 aliphatic heterocycles. The lowest BCUT2D eigenvalue weighted by atomic mass is 10.1. The predicted octanol–water partition coefficient (Wildman–Crippen LogP) is 1.35. The standard InChI is InChI=1S/C16H17NO7S/c1-10-14(9-13(24-10)16(20)23-2)25(21,22)17-12(15(18)19)8-11-6-4-3-5-7-11/h3-7,9,12,17H,8H2,1-2H3,(H,18,19)/t12-/m0/s1. The number of hydrogen-bond donors (Lipinski definition) is 2. The molecule has 2 N–H and O–H groups in total. The fourth-order valence-corrected chi connectivity index (χ4v) is 3.58. The van der Waals surface area contributed by atoms with Crippen LogP contribution in [0.4, 0.5) is 0 Å². The van der Waals surface area contributed by atoms with Crippen LogP contribution in [-0.4, -0.2) is 38.6 Å². The molecule has 1 aromatic heterocycles. The van der Waals surface area contributed by atoms with Crippen molar-refractivity contribution in [2.24, 2.45) is 0 Å². The van der Waals surface area contributed by atoms with Crippen LogP contribution >= 0.6 is 0 Å². The highest BCUT2D eigenvalue weighted by molar-refractivity contribution is 7.89. The van der Waals surface area contributed by atoms with Gasteiger partial charge in [0.15, 0.2) is 0 Å². The van der Waals surface area contributed by atoms with Gasteiger partial charge in [0.1, 0.15) is 16.7 Å². The molecule has 134 valence electrons. The molecule has 0 amide bonds. The van der Waals surface area contributed by atoms with Gasteiger partial charge in [-0.05, 0) is 18.9 Å². The van der Waals surface area contributed by atoms with Crippen LogP contribution in [0.1, 0.15) is 21.9 Å². The smallest absolute Gasteiger partial charge is 0.373 e. The Balaban J connectivity index is 2.27.